The lowest BCUT2D eigenvalue weighted by Crippen LogP contribution is -2.32. The monoisotopic (exact) mass is 478 g/mol. The Morgan fingerprint density at radius 1 is 1.00 bits per heavy atom. The number of anilines is 1. The fourth-order valence-electron chi connectivity index (χ4n) is 3.78. The quantitative estimate of drug-likeness (QED) is 0.331. The number of fused-ring (bicyclic) bond motifs is 1. The second-order valence-corrected chi connectivity index (χ2v) is 9.35. The summed E-state index contributed by atoms with van der Waals surface area (Å²) in [4.78, 5) is 20.1. The maximum absolute atomic E-state index is 14.1. The van der Waals surface area contributed by atoms with Gasteiger partial charge >= 0.3 is 10.1 Å². The summed E-state index contributed by atoms with van der Waals surface area (Å²) in [7, 11) is -4.01. The Labute approximate surface area is 197 Å². The number of hydrogen-bond donors (Lipinski definition) is 0. The Morgan fingerprint density at radius 2 is 1.71 bits per heavy atom. The maximum atomic E-state index is 14.1. The standard InChI is InChI=1S/C26H23FN2O4S/c1-3-16-29(20-13-9-12-19(27)17-20)26(30)23-21-14-7-8-15-22(21)28-24(18-10-5-4-6-11-18)25(23)33-34(2,31)32/h4-15,17H,3,16H2,1-2H3. The van der Waals surface area contributed by atoms with Crippen LogP contribution in [0, 0.1) is 5.82 Å². The van der Waals surface area contributed by atoms with Gasteiger partial charge in [-0.05, 0) is 30.7 Å². The Hall–Kier alpha value is -3.78. The minimum Gasteiger partial charge on any atom is -0.379 e. The largest absolute Gasteiger partial charge is 0.379 e. The van der Waals surface area contributed by atoms with Crippen molar-refractivity contribution < 1.29 is 21.8 Å². The number of benzene rings is 3. The topological polar surface area (TPSA) is 76.6 Å². The first kappa shape index (κ1) is 23.4. The summed E-state index contributed by atoms with van der Waals surface area (Å²) in [6.07, 6.45) is 1.51. The summed E-state index contributed by atoms with van der Waals surface area (Å²) in [6, 6.07) is 21.6. The number of halogens is 1. The summed E-state index contributed by atoms with van der Waals surface area (Å²) in [6.45, 7) is 2.19. The predicted octanol–water partition coefficient (Wildman–Crippen LogP) is 5.44. The van der Waals surface area contributed by atoms with Gasteiger partial charge in [-0.25, -0.2) is 9.37 Å². The lowest BCUT2D eigenvalue weighted by atomic mass is 10.0. The van der Waals surface area contributed by atoms with E-state index in [9.17, 15) is 17.6 Å². The molecule has 8 heteroatoms. The molecular formula is C26H23FN2O4S. The smallest absolute Gasteiger partial charge is 0.306 e. The lowest BCUT2D eigenvalue weighted by molar-refractivity contribution is 0.0987. The first-order valence-electron chi connectivity index (χ1n) is 10.7. The molecule has 0 aliphatic heterocycles. The van der Waals surface area contributed by atoms with Crippen molar-refractivity contribution in [1.82, 2.24) is 4.98 Å². The third kappa shape index (κ3) is 4.92. The van der Waals surface area contributed by atoms with E-state index in [0.717, 1.165) is 6.26 Å². The van der Waals surface area contributed by atoms with Gasteiger partial charge in [0.2, 0.25) is 0 Å². The molecule has 0 aliphatic rings. The molecule has 0 saturated heterocycles. The van der Waals surface area contributed by atoms with Gasteiger partial charge in [-0.2, -0.15) is 8.42 Å². The highest BCUT2D eigenvalue weighted by molar-refractivity contribution is 7.86. The molecule has 0 saturated carbocycles. The van der Waals surface area contributed by atoms with E-state index in [4.69, 9.17) is 4.18 Å². The van der Waals surface area contributed by atoms with Crippen molar-refractivity contribution in [3.05, 3.63) is 90.2 Å². The highest BCUT2D eigenvalue weighted by Crippen LogP contribution is 2.38. The second-order valence-electron chi connectivity index (χ2n) is 7.77. The van der Waals surface area contributed by atoms with E-state index in [-0.39, 0.29) is 23.6 Å². The van der Waals surface area contributed by atoms with Crippen LogP contribution in [0.15, 0.2) is 78.9 Å². The molecule has 1 heterocycles. The molecule has 6 nitrogen and oxygen atoms in total. The van der Waals surface area contributed by atoms with Gasteiger partial charge in [-0.15, -0.1) is 0 Å². The highest BCUT2D eigenvalue weighted by atomic mass is 32.2. The Bertz CT molecular complexity index is 1460. The molecule has 174 valence electrons. The van der Waals surface area contributed by atoms with Crippen molar-refractivity contribution in [3.63, 3.8) is 0 Å². The first-order chi connectivity index (χ1) is 16.3. The molecule has 0 atom stereocenters. The molecular weight excluding hydrogens is 455 g/mol. The zero-order valence-corrected chi connectivity index (χ0v) is 19.5. The van der Waals surface area contributed by atoms with Crippen molar-refractivity contribution in [2.24, 2.45) is 0 Å². The highest BCUT2D eigenvalue weighted by Gasteiger charge is 2.29. The summed E-state index contributed by atoms with van der Waals surface area (Å²) < 4.78 is 44.0. The summed E-state index contributed by atoms with van der Waals surface area (Å²) >= 11 is 0. The van der Waals surface area contributed by atoms with Crippen LogP contribution in [0.2, 0.25) is 0 Å². The van der Waals surface area contributed by atoms with Gasteiger partial charge in [-0.1, -0.05) is 61.5 Å². The Kier molecular flexibility index (Phi) is 6.61. The van der Waals surface area contributed by atoms with Crippen molar-refractivity contribution in [2.45, 2.75) is 13.3 Å². The SMILES string of the molecule is CCCN(C(=O)c1c(OS(C)(=O)=O)c(-c2ccccc2)nc2ccccc12)c1cccc(F)c1. The van der Waals surface area contributed by atoms with E-state index in [1.165, 1.54) is 23.1 Å². The fraction of sp³-hybridized carbons (Fsp3) is 0.154. The maximum Gasteiger partial charge on any atom is 0.306 e. The Balaban J connectivity index is 2.05. The minimum atomic E-state index is -4.01. The molecule has 0 bridgehead atoms. The molecule has 0 unspecified atom stereocenters. The predicted molar refractivity (Wildman–Crippen MR) is 131 cm³/mol. The number of hydrogen-bond acceptors (Lipinski definition) is 5. The van der Waals surface area contributed by atoms with Crippen LogP contribution in [0.5, 0.6) is 5.75 Å². The van der Waals surface area contributed by atoms with Crippen molar-refractivity contribution in [3.8, 4) is 17.0 Å². The van der Waals surface area contributed by atoms with Crippen LogP contribution in [0.1, 0.15) is 23.7 Å². The Morgan fingerprint density at radius 3 is 2.38 bits per heavy atom. The number of carbonyl (C=O) groups excluding carboxylic acids is 1. The van der Waals surface area contributed by atoms with Gasteiger partial charge in [0.25, 0.3) is 5.91 Å². The van der Waals surface area contributed by atoms with E-state index in [1.54, 1.807) is 54.6 Å². The molecule has 0 N–H and O–H groups in total. The van der Waals surface area contributed by atoms with Crippen molar-refractivity contribution in [2.75, 3.05) is 17.7 Å². The summed E-state index contributed by atoms with van der Waals surface area (Å²) in [5.74, 6) is -1.15. The van der Waals surface area contributed by atoms with Gasteiger partial charge < -0.3 is 9.08 Å². The zero-order chi connectivity index (χ0) is 24.3. The van der Waals surface area contributed by atoms with Crippen LogP contribution in [0.25, 0.3) is 22.2 Å². The molecule has 0 radical (unpaired) electrons. The van der Waals surface area contributed by atoms with Gasteiger partial charge in [-0.3, -0.25) is 4.79 Å². The minimum absolute atomic E-state index is 0.0487. The lowest BCUT2D eigenvalue weighted by Gasteiger charge is -2.25. The van der Waals surface area contributed by atoms with Crippen LogP contribution >= 0.6 is 0 Å². The van der Waals surface area contributed by atoms with E-state index in [1.807, 2.05) is 13.0 Å². The van der Waals surface area contributed by atoms with Gasteiger partial charge in [0.15, 0.2) is 5.75 Å². The number of pyridine rings is 1. The van der Waals surface area contributed by atoms with Crippen molar-refractivity contribution in [1.29, 1.82) is 0 Å². The molecule has 4 aromatic rings. The number of rotatable bonds is 7. The number of para-hydroxylation sites is 1. The molecule has 1 aromatic heterocycles. The molecule has 4 rings (SSSR count). The number of amides is 1. The second kappa shape index (κ2) is 9.61. The van der Waals surface area contributed by atoms with E-state index < -0.39 is 21.8 Å². The first-order valence-corrected chi connectivity index (χ1v) is 12.5. The van der Waals surface area contributed by atoms with Crippen LogP contribution in [-0.2, 0) is 10.1 Å². The summed E-state index contributed by atoms with van der Waals surface area (Å²) in [5.41, 5.74) is 1.73. The van der Waals surface area contributed by atoms with Crippen molar-refractivity contribution >= 4 is 32.6 Å². The third-order valence-electron chi connectivity index (χ3n) is 5.16. The van der Waals surface area contributed by atoms with Gasteiger partial charge in [0.1, 0.15) is 11.5 Å². The third-order valence-corrected chi connectivity index (χ3v) is 5.63. The van der Waals surface area contributed by atoms with E-state index >= 15 is 0 Å². The fourth-order valence-corrected chi connectivity index (χ4v) is 4.25. The van der Waals surface area contributed by atoms with Crippen LogP contribution in [0.4, 0.5) is 10.1 Å². The van der Waals surface area contributed by atoms with Gasteiger partial charge in [0.05, 0.1) is 17.3 Å². The molecule has 0 fully saturated rings. The van der Waals surface area contributed by atoms with Crippen LogP contribution in [-0.4, -0.2) is 32.1 Å². The molecule has 0 spiro atoms. The zero-order valence-electron chi connectivity index (χ0n) is 18.7. The molecule has 0 aliphatic carbocycles. The molecule has 1 amide bonds. The number of nitrogens with zero attached hydrogens (tertiary/aromatic N) is 2. The molecule has 3 aromatic carbocycles. The van der Waals surface area contributed by atoms with Crippen LogP contribution in [0.3, 0.4) is 0 Å². The average Bonchev–Trinajstić information content (AvgIpc) is 2.81. The molecule has 34 heavy (non-hydrogen) atoms. The number of aromatic nitrogens is 1. The average molecular weight is 479 g/mol. The van der Waals surface area contributed by atoms with Crippen LogP contribution < -0.4 is 9.08 Å². The number of carbonyl (C=O) groups is 1. The summed E-state index contributed by atoms with van der Waals surface area (Å²) in [5, 5.41) is 0.434. The van der Waals surface area contributed by atoms with E-state index in [0.29, 0.717) is 28.6 Å². The van der Waals surface area contributed by atoms with E-state index in [2.05, 4.69) is 4.98 Å². The van der Waals surface area contributed by atoms with Gasteiger partial charge in [0, 0.05) is 23.2 Å². The normalized spacial score (nSPS) is 11.4.